The standard InChI is InChI=1S/C22H21FN2O4S3/c23-17-3-1-16(2-4-17)20-8-5-18(30-20)6-9-21(26)24-15-19-7-10-22(31-19)32(27,28)25-11-13-29-14-12-25/h1-10H,11-15H2,(H,24,26)/b9-6+. The summed E-state index contributed by atoms with van der Waals surface area (Å²) in [6.45, 7) is 1.74. The number of nitrogens with one attached hydrogen (secondary N) is 1. The molecule has 3 heterocycles. The maximum atomic E-state index is 13.1. The van der Waals surface area contributed by atoms with Crippen LogP contribution in [-0.2, 0) is 26.1 Å². The molecule has 3 aromatic rings. The number of rotatable bonds is 7. The van der Waals surface area contributed by atoms with Crippen LogP contribution in [0.1, 0.15) is 9.75 Å². The molecule has 0 spiro atoms. The van der Waals surface area contributed by atoms with Crippen LogP contribution in [0.4, 0.5) is 4.39 Å². The van der Waals surface area contributed by atoms with Crippen LogP contribution >= 0.6 is 22.7 Å². The van der Waals surface area contributed by atoms with E-state index in [1.54, 1.807) is 30.3 Å². The number of benzene rings is 1. The SMILES string of the molecule is O=C(/C=C/c1ccc(-c2ccc(F)cc2)s1)NCc1ccc(S(=O)(=O)N2CCOCC2)s1. The second-order valence-electron chi connectivity index (χ2n) is 7.00. The topological polar surface area (TPSA) is 75.7 Å². The summed E-state index contributed by atoms with van der Waals surface area (Å²) in [7, 11) is -3.52. The van der Waals surface area contributed by atoms with Gasteiger partial charge < -0.3 is 10.1 Å². The molecular weight excluding hydrogens is 471 g/mol. The first-order chi connectivity index (χ1) is 15.4. The molecule has 0 bridgehead atoms. The summed E-state index contributed by atoms with van der Waals surface area (Å²) in [4.78, 5) is 14.8. The first kappa shape index (κ1) is 22.8. The van der Waals surface area contributed by atoms with Gasteiger partial charge in [0, 0.05) is 33.8 Å². The lowest BCUT2D eigenvalue weighted by molar-refractivity contribution is -0.116. The van der Waals surface area contributed by atoms with E-state index in [2.05, 4.69) is 5.32 Å². The second kappa shape index (κ2) is 10.1. The van der Waals surface area contributed by atoms with Crippen LogP contribution in [-0.4, -0.2) is 44.9 Å². The highest BCUT2D eigenvalue weighted by Crippen LogP contribution is 2.29. The molecule has 0 atom stereocenters. The molecule has 0 aliphatic carbocycles. The molecule has 1 aliphatic heterocycles. The molecule has 0 saturated carbocycles. The smallest absolute Gasteiger partial charge is 0.252 e. The molecular formula is C22H21FN2O4S3. The van der Waals surface area contributed by atoms with Crippen molar-refractivity contribution in [3.63, 3.8) is 0 Å². The minimum absolute atomic E-state index is 0.248. The molecule has 2 aromatic heterocycles. The number of nitrogens with zero attached hydrogens (tertiary/aromatic N) is 1. The van der Waals surface area contributed by atoms with E-state index in [1.165, 1.54) is 33.9 Å². The van der Waals surface area contributed by atoms with Gasteiger partial charge >= 0.3 is 0 Å². The highest BCUT2D eigenvalue weighted by atomic mass is 32.2. The fourth-order valence-corrected chi connectivity index (χ4v) is 6.88. The predicted molar refractivity (Wildman–Crippen MR) is 124 cm³/mol. The third kappa shape index (κ3) is 5.51. The number of amides is 1. The summed E-state index contributed by atoms with van der Waals surface area (Å²) < 4.78 is 45.3. The number of ether oxygens (including phenoxy) is 1. The molecule has 6 nitrogen and oxygen atoms in total. The maximum Gasteiger partial charge on any atom is 0.252 e. The monoisotopic (exact) mass is 492 g/mol. The number of sulfonamides is 1. The van der Waals surface area contributed by atoms with Crippen molar-refractivity contribution in [3.8, 4) is 10.4 Å². The Hall–Kier alpha value is -2.37. The Bertz CT molecular complexity index is 1210. The molecule has 1 aliphatic rings. The number of halogens is 1. The van der Waals surface area contributed by atoms with Crippen LogP contribution in [0.2, 0.25) is 0 Å². The van der Waals surface area contributed by atoms with Crippen molar-refractivity contribution in [2.45, 2.75) is 10.8 Å². The molecule has 0 radical (unpaired) electrons. The lowest BCUT2D eigenvalue weighted by Crippen LogP contribution is -2.40. The number of morpholine rings is 1. The Morgan fingerprint density at radius 2 is 1.81 bits per heavy atom. The van der Waals surface area contributed by atoms with E-state index >= 15 is 0 Å². The van der Waals surface area contributed by atoms with Crippen molar-refractivity contribution in [2.24, 2.45) is 0 Å². The number of carbonyl (C=O) groups is 1. The van der Waals surface area contributed by atoms with Crippen LogP contribution in [0.3, 0.4) is 0 Å². The van der Waals surface area contributed by atoms with Gasteiger partial charge in [-0.2, -0.15) is 4.31 Å². The van der Waals surface area contributed by atoms with E-state index in [1.807, 2.05) is 12.1 Å². The highest BCUT2D eigenvalue weighted by Gasteiger charge is 2.27. The van der Waals surface area contributed by atoms with Gasteiger partial charge in [-0.1, -0.05) is 12.1 Å². The number of hydrogen-bond donors (Lipinski definition) is 1. The minimum atomic E-state index is -3.52. The summed E-state index contributed by atoms with van der Waals surface area (Å²) in [6.07, 6.45) is 3.16. The van der Waals surface area contributed by atoms with Gasteiger partial charge in [0.1, 0.15) is 10.0 Å². The maximum absolute atomic E-state index is 13.1. The summed E-state index contributed by atoms with van der Waals surface area (Å²) in [5, 5.41) is 2.78. The first-order valence-electron chi connectivity index (χ1n) is 9.90. The number of hydrogen-bond acceptors (Lipinski definition) is 6. The van der Waals surface area contributed by atoms with Crippen molar-refractivity contribution in [3.05, 3.63) is 70.2 Å². The zero-order valence-electron chi connectivity index (χ0n) is 17.0. The van der Waals surface area contributed by atoms with Crippen LogP contribution in [0.15, 0.2) is 58.8 Å². The van der Waals surface area contributed by atoms with Crippen molar-refractivity contribution in [1.29, 1.82) is 0 Å². The van der Waals surface area contributed by atoms with Gasteiger partial charge in [-0.15, -0.1) is 22.7 Å². The van der Waals surface area contributed by atoms with Gasteiger partial charge in [0.05, 0.1) is 19.8 Å². The van der Waals surface area contributed by atoms with Crippen molar-refractivity contribution >= 4 is 44.7 Å². The van der Waals surface area contributed by atoms with E-state index in [9.17, 15) is 17.6 Å². The summed E-state index contributed by atoms with van der Waals surface area (Å²) >= 11 is 2.66. The molecule has 1 fully saturated rings. The normalized spacial score (nSPS) is 15.3. The van der Waals surface area contributed by atoms with Crippen molar-refractivity contribution in [1.82, 2.24) is 9.62 Å². The molecule has 1 saturated heterocycles. The Morgan fingerprint density at radius 1 is 1.06 bits per heavy atom. The number of thiophene rings is 2. The molecule has 1 aromatic carbocycles. The van der Waals surface area contributed by atoms with Crippen LogP contribution in [0.25, 0.3) is 16.5 Å². The van der Waals surface area contributed by atoms with Gasteiger partial charge in [0.15, 0.2) is 0 Å². The zero-order valence-corrected chi connectivity index (χ0v) is 19.4. The van der Waals surface area contributed by atoms with E-state index in [-0.39, 0.29) is 22.5 Å². The van der Waals surface area contributed by atoms with Gasteiger partial charge in [-0.25, -0.2) is 12.8 Å². The zero-order chi connectivity index (χ0) is 22.6. The second-order valence-corrected chi connectivity index (χ2v) is 11.4. The van der Waals surface area contributed by atoms with Crippen LogP contribution in [0.5, 0.6) is 0 Å². The largest absolute Gasteiger partial charge is 0.379 e. The molecule has 4 rings (SSSR count). The van der Waals surface area contributed by atoms with E-state index in [0.29, 0.717) is 26.3 Å². The molecule has 1 N–H and O–H groups in total. The van der Waals surface area contributed by atoms with E-state index in [0.717, 1.165) is 31.5 Å². The van der Waals surface area contributed by atoms with Crippen LogP contribution < -0.4 is 5.32 Å². The Kier molecular flexibility index (Phi) is 7.17. The molecule has 32 heavy (non-hydrogen) atoms. The third-order valence-electron chi connectivity index (χ3n) is 4.79. The van der Waals surface area contributed by atoms with Gasteiger partial charge in [-0.05, 0) is 48.0 Å². The lowest BCUT2D eigenvalue weighted by atomic mass is 10.2. The minimum Gasteiger partial charge on any atom is -0.379 e. The Labute approximate surface area is 194 Å². The number of carbonyl (C=O) groups excluding carboxylic acids is 1. The van der Waals surface area contributed by atoms with E-state index < -0.39 is 10.0 Å². The molecule has 0 unspecified atom stereocenters. The predicted octanol–water partition coefficient (Wildman–Crippen LogP) is 3.97. The first-order valence-corrected chi connectivity index (χ1v) is 13.0. The van der Waals surface area contributed by atoms with Crippen molar-refractivity contribution < 1.29 is 22.3 Å². The fourth-order valence-electron chi connectivity index (χ4n) is 3.11. The van der Waals surface area contributed by atoms with Gasteiger partial charge in [0.25, 0.3) is 10.0 Å². The average molecular weight is 493 g/mol. The van der Waals surface area contributed by atoms with Crippen molar-refractivity contribution in [2.75, 3.05) is 26.3 Å². The fraction of sp³-hybridized carbons (Fsp3) is 0.227. The quantitative estimate of drug-likeness (QED) is 0.507. The Morgan fingerprint density at radius 3 is 2.56 bits per heavy atom. The lowest BCUT2D eigenvalue weighted by Gasteiger charge is -2.25. The summed E-state index contributed by atoms with van der Waals surface area (Å²) in [6, 6.07) is 13.4. The average Bonchev–Trinajstić information content (AvgIpc) is 3.48. The summed E-state index contributed by atoms with van der Waals surface area (Å²) in [5.41, 5.74) is 0.918. The van der Waals surface area contributed by atoms with Gasteiger partial charge in [-0.3, -0.25) is 4.79 Å². The molecule has 1 amide bonds. The molecule has 10 heteroatoms. The van der Waals surface area contributed by atoms with E-state index in [4.69, 9.17) is 4.74 Å². The van der Waals surface area contributed by atoms with Crippen LogP contribution in [0, 0.1) is 5.82 Å². The van der Waals surface area contributed by atoms with Gasteiger partial charge in [0.2, 0.25) is 5.91 Å². The Balaban J connectivity index is 1.32. The highest BCUT2D eigenvalue weighted by molar-refractivity contribution is 7.91. The summed E-state index contributed by atoms with van der Waals surface area (Å²) in [5.74, 6) is -0.550. The molecule has 168 valence electrons. The third-order valence-corrected chi connectivity index (χ3v) is 9.34.